The molecule has 1 aliphatic carbocycles. The minimum atomic E-state index is 0.211. The van der Waals surface area contributed by atoms with E-state index in [1.54, 1.807) is 7.05 Å². The van der Waals surface area contributed by atoms with Gasteiger partial charge in [-0.2, -0.15) is 0 Å². The molecule has 0 bridgehead atoms. The maximum Gasteiger partial charge on any atom is 0.223 e. The standard InChI is InChI=1S/C17H28ClN5O/c1-19-17(23(3)12-15-10-14(18)11-22(15)2)21-9-5-8-20-16(24)13-6-4-7-13/h10-11,13H,4-9,12H2,1-3H3,(H,19,21)(H,20,24). The quantitative estimate of drug-likeness (QED) is 0.447. The fraction of sp³-hybridized carbons (Fsp3) is 0.647. The monoisotopic (exact) mass is 353 g/mol. The van der Waals surface area contributed by atoms with Crippen LogP contribution >= 0.6 is 11.6 Å². The molecule has 0 atom stereocenters. The first-order chi connectivity index (χ1) is 11.5. The molecule has 1 saturated carbocycles. The highest BCUT2D eigenvalue weighted by Crippen LogP contribution is 2.26. The highest BCUT2D eigenvalue weighted by atomic mass is 35.5. The van der Waals surface area contributed by atoms with Gasteiger partial charge >= 0.3 is 0 Å². The van der Waals surface area contributed by atoms with Crippen molar-refractivity contribution in [1.29, 1.82) is 0 Å². The van der Waals surface area contributed by atoms with Crippen molar-refractivity contribution < 1.29 is 4.79 Å². The van der Waals surface area contributed by atoms with E-state index in [1.165, 1.54) is 6.42 Å². The van der Waals surface area contributed by atoms with Crippen molar-refractivity contribution in [1.82, 2.24) is 20.1 Å². The normalized spacial score (nSPS) is 15.1. The van der Waals surface area contributed by atoms with Crippen LogP contribution in [0.5, 0.6) is 0 Å². The van der Waals surface area contributed by atoms with Crippen LogP contribution in [0, 0.1) is 5.92 Å². The van der Waals surface area contributed by atoms with Gasteiger partial charge in [0, 0.05) is 52.0 Å². The SMILES string of the molecule is CN=C(NCCCNC(=O)C1CCC1)N(C)Cc1cc(Cl)cn1C. The highest BCUT2D eigenvalue weighted by Gasteiger charge is 2.24. The Bertz CT molecular complexity index is 580. The van der Waals surface area contributed by atoms with Crippen LogP contribution < -0.4 is 10.6 Å². The van der Waals surface area contributed by atoms with Gasteiger partial charge in [-0.15, -0.1) is 0 Å². The number of aryl methyl sites for hydroxylation is 1. The van der Waals surface area contributed by atoms with Crippen LogP contribution in [0.15, 0.2) is 17.3 Å². The van der Waals surface area contributed by atoms with Gasteiger partial charge in [0.25, 0.3) is 0 Å². The molecule has 2 N–H and O–H groups in total. The lowest BCUT2D eigenvalue weighted by Gasteiger charge is -2.24. The number of aromatic nitrogens is 1. The number of hydrogen-bond donors (Lipinski definition) is 2. The molecule has 0 radical (unpaired) electrons. The molecule has 24 heavy (non-hydrogen) atoms. The molecular formula is C17H28ClN5O. The van der Waals surface area contributed by atoms with Crippen molar-refractivity contribution >= 4 is 23.5 Å². The molecule has 1 fully saturated rings. The summed E-state index contributed by atoms with van der Waals surface area (Å²) < 4.78 is 2.02. The average Bonchev–Trinajstić information content (AvgIpc) is 2.78. The molecule has 1 heterocycles. The number of carbonyl (C=O) groups excluding carboxylic acids is 1. The number of hydrogen-bond acceptors (Lipinski definition) is 2. The van der Waals surface area contributed by atoms with E-state index in [4.69, 9.17) is 11.6 Å². The van der Waals surface area contributed by atoms with Gasteiger partial charge < -0.3 is 20.1 Å². The van der Waals surface area contributed by atoms with Crippen molar-refractivity contribution in [2.24, 2.45) is 18.0 Å². The van der Waals surface area contributed by atoms with E-state index < -0.39 is 0 Å². The number of carbonyl (C=O) groups is 1. The number of nitrogens with one attached hydrogen (secondary N) is 2. The molecule has 0 aliphatic heterocycles. The fourth-order valence-corrected chi connectivity index (χ4v) is 3.01. The first kappa shape index (κ1) is 18.6. The van der Waals surface area contributed by atoms with Crippen LogP contribution in [0.4, 0.5) is 0 Å². The minimum Gasteiger partial charge on any atom is -0.356 e. The number of nitrogens with zero attached hydrogens (tertiary/aromatic N) is 3. The molecule has 1 aromatic heterocycles. The summed E-state index contributed by atoms with van der Waals surface area (Å²) in [5.74, 6) is 1.30. The third-order valence-electron chi connectivity index (χ3n) is 4.46. The molecular weight excluding hydrogens is 326 g/mol. The van der Waals surface area contributed by atoms with Crippen LogP contribution in [-0.4, -0.2) is 48.5 Å². The largest absolute Gasteiger partial charge is 0.356 e. The third kappa shape index (κ3) is 5.16. The summed E-state index contributed by atoms with van der Waals surface area (Å²) in [6.07, 6.45) is 6.05. The average molecular weight is 354 g/mol. The second-order valence-corrected chi connectivity index (χ2v) is 6.80. The number of halogens is 1. The van der Waals surface area contributed by atoms with Gasteiger partial charge in [-0.3, -0.25) is 9.79 Å². The number of amides is 1. The zero-order valence-electron chi connectivity index (χ0n) is 14.8. The van der Waals surface area contributed by atoms with Gasteiger partial charge in [0.05, 0.1) is 11.6 Å². The number of guanidine groups is 1. The molecule has 0 saturated heterocycles. The Morgan fingerprint density at radius 1 is 1.42 bits per heavy atom. The first-order valence-corrected chi connectivity index (χ1v) is 8.89. The Hall–Kier alpha value is -1.69. The van der Waals surface area contributed by atoms with Crippen LogP contribution in [0.2, 0.25) is 5.02 Å². The predicted octanol–water partition coefficient (Wildman–Crippen LogP) is 1.99. The molecule has 0 unspecified atom stereocenters. The summed E-state index contributed by atoms with van der Waals surface area (Å²) in [5.41, 5.74) is 1.12. The molecule has 0 aromatic carbocycles. The molecule has 7 heteroatoms. The van der Waals surface area contributed by atoms with Crippen LogP contribution in [0.3, 0.4) is 0 Å². The zero-order chi connectivity index (χ0) is 17.5. The molecule has 1 amide bonds. The summed E-state index contributed by atoms with van der Waals surface area (Å²) in [4.78, 5) is 18.1. The fourth-order valence-electron chi connectivity index (χ4n) is 2.74. The van der Waals surface area contributed by atoms with Crippen LogP contribution in [-0.2, 0) is 18.4 Å². The number of rotatable bonds is 7. The first-order valence-electron chi connectivity index (χ1n) is 8.51. The summed E-state index contributed by atoms with van der Waals surface area (Å²) in [5, 5.41) is 7.08. The molecule has 134 valence electrons. The van der Waals surface area contributed by atoms with Gasteiger partial charge in [0.2, 0.25) is 5.91 Å². The van der Waals surface area contributed by atoms with E-state index in [2.05, 4.69) is 20.5 Å². The Morgan fingerprint density at radius 3 is 2.67 bits per heavy atom. The number of aliphatic imine (C=N–C) groups is 1. The van der Waals surface area contributed by atoms with Crippen LogP contribution in [0.1, 0.15) is 31.4 Å². The topological polar surface area (TPSA) is 61.7 Å². The Kier molecular flexibility index (Phi) is 6.97. The van der Waals surface area contributed by atoms with Crippen molar-refractivity contribution in [3.63, 3.8) is 0 Å². The van der Waals surface area contributed by atoms with Gasteiger partial charge in [-0.1, -0.05) is 18.0 Å². The minimum absolute atomic E-state index is 0.211. The summed E-state index contributed by atoms with van der Waals surface area (Å²) in [6, 6.07) is 1.96. The summed E-state index contributed by atoms with van der Waals surface area (Å²) >= 11 is 6.02. The molecule has 6 nitrogen and oxygen atoms in total. The molecule has 1 aromatic rings. The summed E-state index contributed by atoms with van der Waals surface area (Å²) in [6.45, 7) is 2.20. The van der Waals surface area contributed by atoms with E-state index in [1.807, 2.05) is 30.9 Å². The molecule has 2 rings (SSSR count). The lowest BCUT2D eigenvalue weighted by Crippen LogP contribution is -2.40. The Balaban J connectivity index is 1.67. The molecule has 0 spiro atoms. The van der Waals surface area contributed by atoms with Gasteiger partial charge in [-0.25, -0.2) is 0 Å². The maximum absolute atomic E-state index is 11.7. The second-order valence-electron chi connectivity index (χ2n) is 6.36. The smallest absolute Gasteiger partial charge is 0.223 e. The van der Waals surface area contributed by atoms with Crippen molar-refractivity contribution in [3.05, 3.63) is 23.0 Å². The van der Waals surface area contributed by atoms with E-state index in [9.17, 15) is 4.79 Å². The van der Waals surface area contributed by atoms with E-state index >= 15 is 0 Å². The third-order valence-corrected chi connectivity index (χ3v) is 4.67. The second kappa shape index (κ2) is 8.97. The lowest BCUT2D eigenvalue weighted by molar-refractivity contribution is -0.127. The summed E-state index contributed by atoms with van der Waals surface area (Å²) in [7, 11) is 5.75. The lowest BCUT2D eigenvalue weighted by atomic mass is 9.85. The zero-order valence-corrected chi connectivity index (χ0v) is 15.6. The molecule has 1 aliphatic rings. The van der Waals surface area contributed by atoms with Gasteiger partial charge in [0.15, 0.2) is 5.96 Å². The Labute approximate surface area is 149 Å². The van der Waals surface area contributed by atoms with Gasteiger partial charge in [0.1, 0.15) is 0 Å². The van der Waals surface area contributed by atoms with E-state index in [0.29, 0.717) is 6.54 Å². The van der Waals surface area contributed by atoms with Crippen molar-refractivity contribution in [3.8, 4) is 0 Å². The van der Waals surface area contributed by atoms with Crippen LogP contribution in [0.25, 0.3) is 0 Å². The van der Waals surface area contributed by atoms with Gasteiger partial charge in [-0.05, 0) is 25.3 Å². The highest BCUT2D eigenvalue weighted by molar-refractivity contribution is 6.30. The van der Waals surface area contributed by atoms with E-state index in [0.717, 1.165) is 49.0 Å². The van der Waals surface area contributed by atoms with Crippen molar-refractivity contribution in [2.75, 3.05) is 27.2 Å². The van der Waals surface area contributed by atoms with E-state index in [-0.39, 0.29) is 11.8 Å². The Morgan fingerprint density at radius 2 is 2.12 bits per heavy atom. The predicted molar refractivity (Wildman–Crippen MR) is 98.2 cm³/mol. The maximum atomic E-state index is 11.7. The van der Waals surface area contributed by atoms with Crippen molar-refractivity contribution in [2.45, 2.75) is 32.2 Å².